The Balaban J connectivity index is 0.000000245. The number of esters is 1. The van der Waals surface area contributed by atoms with E-state index >= 15 is 0 Å². The minimum absolute atomic E-state index is 0. The molecular formula is C31H30Cl2N6O6S2. The Morgan fingerprint density at radius 2 is 1.23 bits per heavy atom. The molecule has 2 amide bonds. The molecule has 0 aliphatic rings. The van der Waals surface area contributed by atoms with Gasteiger partial charge >= 0.3 is 11.9 Å². The number of aromatic carboxylic acids is 1. The number of carboxylic acid groups (broad SMARTS) is 1. The molecule has 47 heavy (non-hydrogen) atoms. The molecule has 0 radical (unpaired) electrons. The van der Waals surface area contributed by atoms with E-state index in [4.69, 9.17) is 28.3 Å². The molecular weight excluding hydrogens is 687 g/mol. The number of rotatable bonds is 8. The van der Waals surface area contributed by atoms with Crippen molar-refractivity contribution in [3.8, 4) is 0 Å². The third kappa shape index (κ3) is 8.34. The van der Waals surface area contributed by atoms with Gasteiger partial charge in [0.2, 0.25) is 0 Å². The molecule has 12 nitrogen and oxygen atoms in total. The summed E-state index contributed by atoms with van der Waals surface area (Å²) in [6.07, 6.45) is 3.41. The van der Waals surface area contributed by atoms with Crippen LogP contribution in [0.2, 0.25) is 10.0 Å². The van der Waals surface area contributed by atoms with Crippen LogP contribution in [0.15, 0.2) is 60.9 Å². The van der Waals surface area contributed by atoms with E-state index in [-0.39, 0.29) is 51.3 Å². The lowest BCUT2D eigenvalue weighted by Gasteiger charge is -2.05. The summed E-state index contributed by atoms with van der Waals surface area (Å²) in [5, 5.41) is 30.4. The molecule has 6 rings (SSSR count). The minimum Gasteiger partial charge on any atom is -0.477 e. The molecule has 0 atom stereocenters. The summed E-state index contributed by atoms with van der Waals surface area (Å²) in [5.41, 5.74) is 3.66. The van der Waals surface area contributed by atoms with Gasteiger partial charge in [-0.05, 0) is 35.4 Å². The average molecular weight is 718 g/mol. The van der Waals surface area contributed by atoms with Gasteiger partial charge in [0.1, 0.15) is 9.75 Å². The van der Waals surface area contributed by atoms with E-state index in [0.717, 1.165) is 55.6 Å². The van der Waals surface area contributed by atoms with Crippen molar-refractivity contribution in [2.75, 3.05) is 7.11 Å². The van der Waals surface area contributed by atoms with Gasteiger partial charge in [-0.3, -0.25) is 19.8 Å². The second kappa shape index (κ2) is 16.2. The normalized spacial score (nSPS) is 10.3. The van der Waals surface area contributed by atoms with Crippen molar-refractivity contribution in [2.45, 2.75) is 27.9 Å². The third-order valence-electron chi connectivity index (χ3n) is 6.42. The summed E-state index contributed by atoms with van der Waals surface area (Å²) in [5.74, 6) is -2.35. The van der Waals surface area contributed by atoms with Crippen LogP contribution in [-0.2, 0) is 17.8 Å². The first-order chi connectivity index (χ1) is 21.7. The lowest BCUT2D eigenvalue weighted by molar-refractivity contribution is 0.0605. The molecule has 246 valence electrons. The summed E-state index contributed by atoms with van der Waals surface area (Å²) < 4.78 is 4.62. The van der Waals surface area contributed by atoms with Crippen LogP contribution in [0.3, 0.4) is 0 Å². The molecule has 4 heterocycles. The SMILES string of the molecule is C.C.COC(=O)c1sc(C(=O)NCc2cccc3[nH]ncc23)cc1Cl.O=C(NCc1cccc2[nH]ncc12)c1cc(Cl)c(C(=O)O)s1. The molecule has 16 heteroatoms. The van der Waals surface area contributed by atoms with Crippen LogP contribution in [0, 0.1) is 0 Å². The standard InChI is InChI=1S/C15H12ClN3O3S.C14H10ClN3O3S.2CH4/c1-22-15(21)13-10(16)5-12(23-13)14(20)17-6-8-3-2-4-11-9(8)7-18-19-11;15-9-4-11(22-12(9)14(20)21)13(19)16-5-7-2-1-3-10-8(7)6-17-18-10;;/h2-5,7H,6H2,1H3,(H,17,20)(H,18,19);1-4,6H,5H2,(H,16,19)(H,17,18)(H,20,21);2*1H4. The van der Waals surface area contributed by atoms with Gasteiger partial charge in [0.15, 0.2) is 0 Å². The quantitative estimate of drug-likeness (QED) is 0.103. The Morgan fingerprint density at radius 3 is 1.66 bits per heavy atom. The lowest BCUT2D eigenvalue weighted by Crippen LogP contribution is -2.21. The summed E-state index contributed by atoms with van der Waals surface area (Å²) >= 11 is 13.6. The van der Waals surface area contributed by atoms with E-state index in [9.17, 15) is 19.2 Å². The maximum atomic E-state index is 12.2. The highest BCUT2D eigenvalue weighted by Crippen LogP contribution is 2.28. The predicted molar refractivity (Wildman–Crippen MR) is 185 cm³/mol. The molecule has 4 aromatic heterocycles. The number of carbonyl (C=O) groups is 4. The van der Waals surface area contributed by atoms with E-state index in [1.807, 2.05) is 36.4 Å². The van der Waals surface area contributed by atoms with Crippen LogP contribution >= 0.6 is 45.9 Å². The Bertz CT molecular complexity index is 2050. The fourth-order valence-electron chi connectivity index (χ4n) is 4.23. The lowest BCUT2D eigenvalue weighted by atomic mass is 10.1. The molecule has 0 unspecified atom stereocenters. The number of fused-ring (bicyclic) bond motifs is 2. The highest BCUT2D eigenvalue weighted by molar-refractivity contribution is 7.17. The number of nitrogens with one attached hydrogen (secondary N) is 4. The minimum atomic E-state index is -1.14. The van der Waals surface area contributed by atoms with Crippen molar-refractivity contribution in [2.24, 2.45) is 0 Å². The molecule has 0 saturated heterocycles. The van der Waals surface area contributed by atoms with Gasteiger partial charge in [-0.1, -0.05) is 62.3 Å². The van der Waals surface area contributed by atoms with Crippen LogP contribution in [0.1, 0.15) is 64.7 Å². The topological polar surface area (TPSA) is 179 Å². The number of carboxylic acids is 1. The number of hydrogen-bond donors (Lipinski definition) is 5. The number of H-pyrrole nitrogens is 2. The van der Waals surface area contributed by atoms with Gasteiger partial charge in [-0.15, -0.1) is 22.7 Å². The largest absolute Gasteiger partial charge is 0.477 e. The zero-order chi connectivity index (χ0) is 32.1. The summed E-state index contributed by atoms with van der Waals surface area (Å²) in [6.45, 7) is 0.659. The van der Waals surface area contributed by atoms with Crippen LogP contribution in [0.5, 0.6) is 0 Å². The zero-order valence-electron chi connectivity index (χ0n) is 23.1. The molecule has 0 fully saturated rings. The van der Waals surface area contributed by atoms with Crippen molar-refractivity contribution in [1.82, 2.24) is 31.0 Å². The Labute approximate surface area is 287 Å². The number of amides is 2. The van der Waals surface area contributed by atoms with E-state index in [1.54, 1.807) is 12.4 Å². The van der Waals surface area contributed by atoms with E-state index in [2.05, 4.69) is 35.8 Å². The van der Waals surface area contributed by atoms with Crippen molar-refractivity contribution >= 4 is 91.4 Å². The molecule has 5 N–H and O–H groups in total. The van der Waals surface area contributed by atoms with Gasteiger partial charge in [-0.25, -0.2) is 9.59 Å². The van der Waals surface area contributed by atoms with Crippen LogP contribution in [0.25, 0.3) is 21.8 Å². The van der Waals surface area contributed by atoms with Gasteiger partial charge in [0.05, 0.1) is 50.3 Å². The van der Waals surface area contributed by atoms with Crippen molar-refractivity contribution in [3.63, 3.8) is 0 Å². The fraction of sp³-hybridized carbons (Fsp3) is 0.161. The van der Waals surface area contributed by atoms with E-state index < -0.39 is 11.9 Å². The van der Waals surface area contributed by atoms with Crippen molar-refractivity contribution in [1.29, 1.82) is 0 Å². The summed E-state index contributed by atoms with van der Waals surface area (Å²) in [6, 6.07) is 14.2. The Hall–Kier alpha value is -4.76. The van der Waals surface area contributed by atoms with Gasteiger partial charge < -0.3 is 20.5 Å². The zero-order valence-corrected chi connectivity index (χ0v) is 26.3. The molecule has 0 bridgehead atoms. The number of nitrogens with zero attached hydrogens (tertiary/aromatic N) is 2. The number of thiophene rings is 2. The molecule has 0 saturated carbocycles. The second-order valence-electron chi connectivity index (χ2n) is 9.23. The molecule has 0 aliphatic heterocycles. The molecule has 0 aliphatic carbocycles. The maximum absolute atomic E-state index is 12.2. The number of ether oxygens (including phenoxy) is 1. The average Bonchev–Trinajstić information content (AvgIpc) is 3.84. The van der Waals surface area contributed by atoms with Gasteiger partial charge in [0.25, 0.3) is 11.8 Å². The van der Waals surface area contributed by atoms with Crippen LogP contribution in [0.4, 0.5) is 0 Å². The summed E-state index contributed by atoms with van der Waals surface area (Å²) in [7, 11) is 1.27. The molecule has 2 aromatic carbocycles. The highest BCUT2D eigenvalue weighted by Gasteiger charge is 2.20. The van der Waals surface area contributed by atoms with E-state index in [1.165, 1.54) is 19.2 Å². The number of aromatic nitrogens is 4. The number of aromatic amines is 2. The third-order valence-corrected chi connectivity index (χ3v) is 9.47. The Kier molecular flexibility index (Phi) is 12.6. The van der Waals surface area contributed by atoms with Crippen LogP contribution < -0.4 is 10.6 Å². The number of methoxy groups -OCH3 is 1. The van der Waals surface area contributed by atoms with E-state index in [0.29, 0.717) is 18.0 Å². The second-order valence-corrected chi connectivity index (χ2v) is 12.2. The smallest absolute Gasteiger partial charge is 0.349 e. The van der Waals surface area contributed by atoms with Crippen molar-refractivity contribution in [3.05, 3.63) is 102 Å². The fourth-order valence-corrected chi connectivity index (χ4v) is 6.66. The highest BCUT2D eigenvalue weighted by atomic mass is 35.5. The van der Waals surface area contributed by atoms with Gasteiger partial charge in [0, 0.05) is 23.9 Å². The van der Waals surface area contributed by atoms with Crippen LogP contribution in [-0.4, -0.2) is 56.4 Å². The molecule has 0 spiro atoms. The number of carbonyl (C=O) groups excluding carboxylic acids is 3. The van der Waals surface area contributed by atoms with Crippen molar-refractivity contribution < 1.29 is 29.0 Å². The first-order valence-electron chi connectivity index (χ1n) is 12.9. The first-order valence-corrected chi connectivity index (χ1v) is 15.3. The first kappa shape index (κ1) is 36.7. The van der Waals surface area contributed by atoms with Gasteiger partial charge in [-0.2, -0.15) is 10.2 Å². The Morgan fingerprint density at radius 1 is 0.787 bits per heavy atom. The number of halogens is 2. The monoisotopic (exact) mass is 716 g/mol. The molecule has 6 aromatic rings. The summed E-state index contributed by atoms with van der Waals surface area (Å²) in [4.78, 5) is 47.6. The predicted octanol–water partition coefficient (Wildman–Crippen LogP) is 7.17. The number of benzene rings is 2. The maximum Gasteiger partial charge on any atom is 0.349 e. The number of hydrogen-bond acceptors (Lipinski definition) is 9.